The van der Waals surface area contributed by atoms with E-state index in [1.807, 2.05) is 0 Å². The Morgan fingerprint density at radius 2 is 2.09 bits per heavy atom. The highest BCUT2D eigenvalue weighted by Crippen LogP contribution is 2.34. The predicted octanol–water partition coefficient (Wildman–Crippen LogP) is 3.63. The number of allylic oxidation sites excluding steroid dienone is 1. The fourth-order valence-corrected chi connectivity index (χ4v) is 2.88. The Morgan fingerprint density at radius 3 is 2.45 bits per heavy atom. The van der Waals surface area contributed by atoms with E-state index in [1.54, 1.807) is 0 Å². The van der Waals surface area contributed by atoms with E-state index < -0.39 is 0 Å². The Bertz CT molecular complexity index is 141. The van der Waals surface area contributed by atoms with Gasteiger partial charge in [-0.15, -0.1) is 0 Å². The summed E-state index contributed by atoms with van der Waals surface area (Å²) in [4.78, 5) is 0. The van der Waals surface area contributed by atoms with Gasteiger partial charge in [0.1, 0.15) is 0 Å². The van der Waals surface area contributed by atoms with Crippen LogP contribution in [0.5, 0.6) is 0 Å². The molecule has 0 N–H and O–H groups in total. The van der Waals surface area contributed by atoms with E-state index in [0.717, 1.165) is 10.5 Å². The van der Waals surface area contributed by atoms with Crippen LogP contribution >= 0.6 is 11.8 Å². The van der Waals surface area contributed by atoms with Crippen LogP contribution in [0.3, 0.4) is 0 Å². The van der Waals surface area contributed by atoms with Gasteiger partial charge in [-0.3, -0.25) is 0 Å². The van der Waals surface area contributed by atoms with Crippen LogP contribution in [-0.2, 0) is 0 Å². The lowest BCUT2D eigenvalue weighted by molar-refractivity contribution is 0.521. The average Bonchev–Trinajstić information content (AvgIpc) is 1.77. The molecule has 1 atom stereocenters. The van der Waals surface area contributed by atoms with Gasteiger partial charge in [-0.25, -0.2) is 0 Å². The molecule has 1 unspecified atom stereocenters. The number of hydrogen-bond acceptors (Lipinski definition) is 1. The minimum Gasteiger partial charge on any atom is -0.151 e. The lowest BCUT2D eigenvalue weighted by Crippen LogP contribution is -2.15. The maximum Gasteiger partial charge on any atom is 0.0203 e. The average molecular weight is 170 g/mol. The molecule has 0 radical (unpaired) electrons. The third-order valence-electron chi connectivity index (χ3n) is 2.03. The van der Waals surface area contributed by atoms with Crippen LogP contribution in [0.1, 0.15) is 40.0 Å². The molecule has 1 fully saturated rings. The lowest BCUT2D eigenvalue weighted by Gasteiger charge is -2.26. The standard InChI is InChI=1S/C10H18S/c1-8(2)7-9(3)11-10-5-4-6-10/h7,9-10H,4-6H2,1-3H3. The molecule has 1 heteroatoms. The Morgan fingerprint density at radius 1 is 1.45 bits per heavy atom. The van der Waals surface area contributed by atoms with Crippen LogP contribution in [0.2, 0.25) is 0 Å². The van der Waals surface area contributed by atoms with Crippen molar-refractivity contribution in [3.05, 3.63) is 11.6 Å². The first-order valence-electron chi connectivity index (χ1n) is 4.49. The van der Waals surface area contributed by atoms with Gasteiger partial charge in [0, 0.05) is 10.5 Å². The fraction of sp³-hybridized carbons (Fsp3) is 0.800. The third-order valence-corrected chi connectivity index (χ3v) is 3.45. The molecule has 0 amide bonds. The van der Waals surface area contributed by atoms with Crippen molar-refractivity contribution in [2.75, 3.05) is 0 Å². The summed E-state index contributed by atoms with van der Waals surface area (Å²) in [6.07, 6.45) is 6.72. The zero-order chi connectivity index (χ0) is 8.27. The summed E-state index contributed by atoms with van der Waals surface area (Å²) in [6.45, 7) is 6.66. The van der Waals surface area contributed by atoms with Crippen LogP contribution in [0, 0.1) is 0 Å². The normalized spacial score (nSPS) is 20.6. The quantitative estimate of drug-likeness (QED) is 0.583. The van der Waals surface area contributed by atoms with Crippen molar-refractivity contribution in [3.63, 3.8) is 0 Å². The Hall–Kier alpha value is 0.0900. The molecule has 1 saturated carbocycles. The van der Waals surface area contributed by atoms with E-state index in [1.165, 1.54) is 24.8 Å². The van der Waals surface area contributed by atoms with Crippen LogP contribution in [-0.4, -0.2) is 10.5 Å². The number of hydrogen-bond donors (Lipinski definition) is 0. The van der Waals surface area contributed by atoms with E-state index >= 15 is 0 Å². The van der Waals surface area contributed by atoms with Crippen LogP contribution < -0.4 is 0 Å². The van der Waals surface area contributed by atoms with Crippen molar-refractivity contribution in [2.24, 2.45) is 0 Å². The summed E-state index contributed by atoms with van der Waals surface area (Å²) in [7, 11) is 0. The van der Waals surface area contributed by atoms with Gasteiger partial charge in [0.05, 0.1) is 0 Å². The topological polar surface area (TPSA) is 0 Å². The molecule has 0 bridgehead atoms. The third kappa shape index (κ3) is 3.33. The van der Waals surface area contributed by atoms with E-state index in [2.05, 4.69) is 38.6 Å². The molecule has 0 saturated heterocycles. The molecular weight excluding hydrogens is 152 g/mol. The monoisotopic (exact) mass is 170 g/mol. The summed E-state index contributed by atoms with van der Waals surface area (Å²) in [5.41, 5.74) is 1.45. The molecule has 11 heavy (non-hydrogen) atoms. The van der Waals surface area contributed by atoms with Crippen molar-refractivity contribution in [2.45, 2.75) is 50.5 Å². The molecule has 64 valence electrons. The summed E-state index contributed by atoms with van der Waals surface area (Å²) in [5.74, 6) is 0. The highest BCUT2D eigenvalue weighted by atomic mass is 32.2. The second-order valence-corrected chi connectivity index (χ2v) is 5.32. The zero-order valence-corrected chi connectivity index (χ0v) is 8.58. The molecule has 0 aliphatic heterocycles. The van der Waals surface area contributed by atoms with Crippen LogP contribution in [0.15, 0.2) is 11.6 Å². The summed E-state index contributed by atoms with van der Waals surface area (Å²) < 4.78 is 0. The van der Waals surface area contributed by atoms with Gasteiger partial charge in [0.25, 0.3) is 0 Å². The Balaban J connectivity index is 2.19. The van der Waals surface area contributed by atoms with Gasteiger partial charge in [-0.1, -0.05) is 18.1 Å². The van der Waals surface area contributed by atoms with Crippen molar-refractivity contribution in [1.82, 2.24) is 0 Å². The summed E-state index contributed by atoms with van der Waals surface area (Å²) in [5, 5.41) is 1.70. The van der Waals surface area contributed by atoms with E-state index in [0.29, 0.717) is 0 Å². The molecule has 0 heterocycles. The van der Waals surface area contributed by atoms with Gasteiger partial charge in [0.2, 0.25) is 0 Å². The van der Waals surface area contributed by atoms with Crippen LogP contribution in [0.25, 0.3) is 0 Å². The van der Waals surface area contributed by atoms with Crippen molar-refractivity contribution in [3.8, 4) is 0 Å². The first-order valence-corrected chi connectivity index (χ1v) is 5.43. The van der Waals surface area contributed by atoms with Crippen molar-refractivity contribution >= 4 is 11.8 Å². The zero-order valence-electron chi connectivity index (χ0n) is 7.76. The Labute approximate surface area is 74.5 Å². The second kappa shape index (κ2) is 4.20. The molecule has 0 aromatic heterocycles. The molecule has 1 rings (SSSR count). The minimum atomic E-state index is 0.727. The number of rotatable bonds is 3. The maximum absolute atomic E-state index is 2.36. The molecule has 0 aromatic carbocycles. The SMILES string of the molecule is CC(C)=CC(C)SC1CCC1. The highest BCUT2D eigenvalue weighted by Gasteiger charge is 2.19. The lowest BCUT2D eigenvalue weighted by atomic mass is 10.00. The predicted molar refractivity (Wildman–Crippen MR) is 54.1 cm³/mol. The molecule has 0 aromatic rings. The molecule has 1 aliphatic carbocycles. The molecule has 1 aliphatic rings. The van der Waals surface area contributed by atoms with Gasteiger partial charge in [-0.05, 0) is 33.6 Å². The number of thioether (sulfide) groups is 1. The summed E-state index contributed by atoms with van der Waals surface area (Å²) >= 11 is 2.14. The maximum atomic E-state index is 2.36. The van der Waals surface area contributed by atoms with Crippen LogP contribution in [0.4, 0.5) is 0 Å². The van der Waals surface area contributed by atoms with E-state index in [9.17, 15) is 0 Å². The van der Waals surface area contributed by atoms with Gasteiger partial charge in [0.15, 0.2) is 0 Å². The smallest absolute Gasteiger partial charge is 0.0203 e. The largest absolute Gasteiger partial charge is 0.151 e. The molecular formula is C10H18S. The second-order valence-electron chi connectivity index (χ2n) is 3.64. The molecule has 0 nitrogen and oxygen atoms in total. The van der Waals surface area contributed by atoms with Crippen molar-refractivity contribution in [1.29, 1.82) is 0 Å². The van der Waals surface area contributed by atoms with Crippen molar-refractivity contribution < 1.29 is 0 Å². The molecule has 0 spiro atoms. The fourth-order valence-electron chi connectivity index (χ4n) is 1.32. The van der Waals surface area contributed by atoms with E-state index in [4.69, 9.17) is 0 Å². The van der Waals surface area contributed by atoms with Gasteiger partial charge >= 0.3 is 0 Å². The first kappa shape index (κ1) is 9.18. The van der Waals surface area contributed by atoms with Gasteiger partial charge in [-0.2, -0.15) is 11.8 Å². The Kier molecular flexibility index (Phi) is 3.50. The summed E-state index contributed by atoms with van der Waals surface area (Å²) in [6, 6.07) is 0. The van der Waals surface area contributed by atoms with E-state index in [-0.39, 0.29) is 0 Å². The highest BCUT2D eigenvalue weighted by molar-refractivity contribution is 8.00. The minimum absolute atomic E-state index is 0.727. The first-order chi connectivity index (χ1) is 5.18. The van der Waals surface area contributed by atoms with Gasteiger partial charge < -0.3 is 0 Å².